The minimum absolute atomic E-state index is 0.322. The van der Waals surface area contributed by atoms with Crippen LogP contribution < -0.4 is 0 Å². The second-order valence-electron chi connectivity index (χ2n) is 4.08. The zero-order chi connectivity index (χ0) is 12.8. The fraction of sp³-hybridized carbons (Fsp3) is 0. The molecule has 0 N–H and O–H groups in total. The molecule has 0 saturated heterocycles. The fourth-order valence-electron chi connectivity index (χ4n) is 2.04. The summed E-state index contributed by atoms with van der Waals surface area (Å²) in [4.78, 5) is 8.91. The van der Waals surface area contributed by atoms with Crippen LogP contribution in [-0.2, 0) is 0 Å². The lowest BCUT2D eigenvalue weighted by Gasteiger charge is -1.99. The van der Waals surface area contributed by atoms with E-state index in [0.717, 1.165) is 22.1 Å². The molecular weight excluding hydrogens is 280 g/mol. The molecule has 0 bridgehead atoms. The molecule has 4 nitrogen and oxygen atoms in total. The number of fused-ring (bicyclic) bond motifs is 3. The first kappa shape index (κ1) is 10.9. The van der Waals surface area contributed by atoms with Crippen LogP contribution in [0.3, 0.4) is 0 Å². The van der Waals surface area contributed by atoms with Gasteiger partial charge in [0.1, 0.15) is 0 Å². The summed E-state index contributed by atoms with van der Waals surface area (Å²) in [5.41, 5.74) is 2.55. The highest BCUT2D eigenvalue weighted by Gasteiger charge is 2.13. The fourth-order valence-corrected chi connectivity index (χ4v) is 2.88. The van der Waals surface area contributed by atoms with E-state index < -0.39 is 0 Å². The molecule has 0 saturated carbocycles. The number of hydrogen-bond acceptors (Lipinski definition) is 4. The van der Waals surface area contributed by atoms with Crippen molar-refractivity contribution in [3.8, 4) is 11.4 Å². The van der Waals surface area contributed by atoms with Crippen molar-refractivity contribution < 1.29 is 0 Å². The van der Waals surface area contributed by atoms with Gasteiger partial charge in [-0.3, -0.25) is 0 Å². The van der Waals surface area contributed by atoms with Gasteiger partial charge < -0.3 is 0 Å². The zero-order valence-electron chi connectivity index (χ0n) is 9.62. The lowest BCUT2D eigenvalue weighted by atomic mass is 10.2. The molecule has 1 aromatic carbocycles. The van der Waals surface area contributed by atoms with Crippen LogP contribution in [0.25, 0.3) is 27.9 Å². The van der Waals surface area contributed by atoms with Crippen LogP contribution in [0.15, 0.2) is 41.1 Å². The summed E-state index contributed by atoms with van der Waals surface area (Å²) in [5.74, 6) is 0.668. The summed E-state index contributed by atoms with van der Waals surface area (Å²) in [6.45, 7) is 0. The summed E-state index contributed by atoms with van der Waals surface area (Å²) >= 11 is 7.78. The molecule has 0 unspecified atom stereocenters. The Morgan fingerprint density at radius 3 is 2.84 bits per heavy atom. The predicted octanol–water partition coefficient (Wildman–Crippen LogP) is 3.66. The third-order valence-electron chi connectivity index (χ3n) is 2.92. The van der Waals surface area contributed by atoms with Crippen molar-refractivity contribution in [1.29, 1.82) is 0 Å². The molecule has 4 aromatic rings. The molecule has 0 aliphatic rings. The number of aromatic nitrogens is 4. The van der Waals surface area contributed by atoms with Crippen molar-refractivity contribution in [2.75, 3.05) is 0 Å². The van der Waals surface area contributed by atoms with E-state index in [2.05, 4.69) is 15.1 Å². The first-order chi connectivity index (χ1) is 9.33. The van der Waals surface area contributed by atoms with E-state index in [1.165, 1.54) is 0 Å². The molecule has 0 aliphatic carbocycles. The minimum Gasteiger partial charge on any atom is -0.218 e. The molecule has 3 heterocycles. The molecule has 4 rings (SSSR count). The number of para-hydroxylation sites is 1. The van der Waals surface area contributed by atoms with Crippen LogP contribution in [0, 0.1) is 0 Å². The van der Waals surface area contributed by atoms with Crippen LogP contribution >= 0.6 is 22.9 Å². The molecule has 92 valence electrons. The smallest absolute Gasteiger partial charge is 0.218 e. The maximum Gasteiger partial charge on any atom is 0.226 e. The van der Waals surface area contributed by atoms with E-state index in [0.29, 0.717) is 11.1 Å². The zero-order valence-corrected chi connectivity index (χ0v) is 11.2. The lowest BCUT2D eigenvalue weighted by Crippen LogP contribution is -1.94. The Balaban J connectivity index is 2.12. The summed E-state index contributed by atoms with van der Waals surface area (Å²) in [5, 5.41) is 9.70. The van der Waals surface area contributed by atoms with E-state index in [4.69, 9.17) is 11.6 Å². The van der Waals surface area contributed by atoms with Gasteiger partial charge in [0.2, 0.25) is 5.28 Å². The van der Waals surface area contributed by atoms with E-state index in [9.17, 15) is 0 Å². The number of halogens is 1. The SMILES string of the molecule is Clc1nc2ccccc2c2nc(-c3ccsc3)nn12. The van der Waals surface area contributed by atoms with Crippen LogP contribution in [0.4, 0.5) is 0 Å². The summed E-state index contributed by atoms with van der Waals surface area (Å²) < 4.78 is 1.58. The number of nitrogens with zero attached hydrogens (tertiary/aromatic N) is 4. The van der Waals surface area contributed by atoms with Gasteiger partial charge in [0.15, 0.2) is 11.5 Å². The standard InChI is InChI=1S/C13H7ClN4S/c14-13-15-10-4-2-1-3-9(10)12-16-11(17-18(12)13)8-5-6-19-7-8/h1-7H. The number of hydrogen-bond donors (Lipinski definition) is 0. The number of rotatable bonds is 1. The van der Waals surface area contributed by atoms with Gasteiger partial charge in [-0.05, 0) is 35.2 Å². The molecule has 6 heteroatoms. The van der Waals surface area contributed by atoms with Crippen molar-refractivity contribution in [3.05, 3.63) is 46.4 Å². The molecule has 0 radical (unpaired) electrons. The minimum atomic E-state index is 0.322. The van der Waals surface area contributed by atoms with Gasteiger partial charge in [-0.25, -0.2) is 9.97 Å². The topological polar surface area (TPSA) is 43.1 Å². The Hall–Kier alpha value is -1.98. The number of thiophene rings is 1. The molecular formula is C13H7ClN4S. The molecule has 0 fully saturated rings. The Kier molecular flexibility index (Phi) is 2.30. The van der Waals surface area contributed by atoms with Gasteiger partial charge in [-0.15, -0.1) is 5.10 Å². The van der Waals surface area contributed by atoms with Gasteiger partial charge in [-0.2, -0.15) is 15.9 Å². The first-order valence-electron chi connectivity index (χ1n) is 5.66. The van der Waals surface area contributed by atoms with E-state index in [1.807, 2.05) is 41.1 Å². The molecule has 19 heavy (non-hydrogen) atoms. The maximum atomic E-state index is 6.16. The van der Waals surface area contributed by atoms with Crippen LogP contribution in [0.5, 0.6) is 0 Å². The van der Waals surface area contributed by atoms with Gasteiger partial charge in [-0.1, -0.05) is 12.1 Å². The van der Waals surface area contributed by atoms with Gasteiger partial charge in [0.05, 0.1) is 5.52 Å². The van der Waals surface area contributed by atoms with E-state index in [-0.39, 0.29) is 0 Å². The highest BCUT2D eigenvalue weighted by Crippen LogP contribution is 2.24. The normalized spacial score (nSPS) is 11.4. The Morgan fingerprint density at radius 1 is 1.11 bits per heavy atom. The van der Waals surface area contributed by atoms with Gasteiger partial charge in [0, 0.05) is 16.3 Å². The average Bonchev–Trinajstić information content (AvgIpc) is 3.08. The summed E-state index contributed by atoms with van der Waals surface area (Å²) in [6, 6.07) is 9.76. The van der Waals surface area contributed by atoms with Crippen LogP contribution in [0.2, 0.25) is 5.28 Å². The molecule has 0 spiro atoms. The second-order valence-corrected chi connectivity index (χ2v) is 5.20. The van der Waals surface area contributed by atoms with Crippen molar-refractivity contribution in [1.82, 2.24) is 19.6 Å². The third kappa shape index (κ3) is 1.63. The third-order valence-corrected chi connectivity index (χ3v) is 3.85. The monoisotopic (exact) mass is 286 g/mol. The van der Waals surface area contributed by atoms with Crippen LogP contribution in [-0.4, -0.2) is 19.6 Å². The highest BCUT2D eigenvalue weighted by atomic mass is 35.5. The quantitative estimate of drug-likeness (QED) is 0.502. The molecule has 0 aliphatic heterocycles. The van der Waals surface area contributed by atoms with E-state index >= 15 is 0 Å². The van der Waals surface area contributed by atoms with Crippen molar-refractivity contribution in [2.24, 2.45) is 0 Å². The lowest BCUT2D eigenvalue weighted by molar-refractivity contribution is 0.939. The Morgan fingerprint density at radius 2 is 2.00 bits per heavy atom. The molecule has 3 aromatic heterocycles. The van der Waals surface area contributed by atoms with Crippen molar-refractivity contribution in [3.63, 3.8) is 0 Å². The largest absolute Gasteiger partial charge is 0.226 e. The maximum absolute atomic E-state index is 6.16. The first-order valence-corrected chi connectivity index (χ1v) is 6.98. The van der Waals surface area contributed by atoms with Gasteiger partial charge in [0.25, 0.3) is 0 Å². The summed E-state index contributed by atoms with van der Waals surface area (Å²) in [7, 11) is 0. The van der Waals surface area contributed by atoms with Crippen LogP contribution in [0.1, 0.15) is 0 Å². The average molecular weight is 287 g/mol. The molecule has 0 amide bonds. The highest BCUT2D eigenvalue weighted by molar-refractivity contribution is 7.08. The molecule has 0 atom stereocenters. The second kappa shape index (κ2) is 4.01. The van der Waals surface area contributed by atoms with E-state index in [1.54, 1.807) is 15.9 Å². The Labute approximate surface area is 117 Å². The van der Waals surface area contributed by atoms with Gasteiger partial charge >= 0.3 is 0 Å². The van der Waals surface area contributed by atoms with Crippen molar-refractivity contribution in [2.45, 2.75) is 0 Å². The summed E-state index contributed by atoms with van der Waals surface area (Å²) in [6.07, 6.45) is 0. The Bertz CT molecular complexity index is 882. The predicted molar refractivity (Wildman–Crippen MR) is 76.6 cm³/mol. The number of benzene rings is 1. The van der Waals surface area contributed by atoms with Crippen molar-refractivity contribution >= 4 is 39.5 Å².